The molecule has 1 atom stereocenters. The summed E-state index contributed by atoms with van der Waals surface area (Å²) in [4.78, 5) is 4.95. The Bertz CT molecular complexity index is 153. The van der Waals surface area contributed by atoms with Crippen molar-refractivity contribution in [3.05, 3.63) is 0 Å². The molecule has 2 aliphatic rings. The summed E-state index contributed by atoms with van der Waals surface area (Å²) in [5, 5.41) is 4.84. The number of hydrogen-bond acceptors (Lipinski definition) is 3. The zero-order chi connectivity index (χ0) is 11.1. The third-order valence-corrected chi connectivity index (χ3v) is 5.85. The highest BCUT2D eigenvalue weighted by Crippen LogP contribution is 2.49. The van der Waals surface area contributed by atoms with Crippen LogP contribution in [-0.2, 0) is 14.6 Å². The van der Waals surface area contributed by atoms with Crippen LogP contribution in [0.1, 0.15) is 57.8 Å². The van der Waals surface area contributed by atoms with E-state index in [1.807, 2.05) is 0 Å². The van der Waals surface area contributed by atoms with Crippen LogP contribution >= 0.6 is 8.15 Å². The molecule has 0 aromatic heterocycles. The largest absolute Gasteiger partial charge is 0.206 e. The SMILES string of the molecule is C1CCCC(P2CCCCOOO2)CCC1. The van der Waals surface area contributed by atoms with Gasteiger partial charge in [-0.3, -0.25) is 0 Å². The van der Waals surface area contributed by atoms with Crippen LogP contribution in [-0.4, -0.2) is 18.4 Å². The Morgan fingerprint density at radius 2 is 1.56 bits per heavy atom. The first-order chi connectivity index (χ1) is 7.97. The minimum Gasteiger partial charge on any atom is -0.206 e. The van der Waals surface area contributed by atoms with Crippen LogP contribution in [0.5, 0.6) is 0 Å². The van der Waals surface area contributed by atoms with Gasteiger partial charge >= 0.3 is 0 Å². The Morgan fingerprint density at radius 3 is 2.38 bits per heavy atom. The lowest BCUT2D eigenvalue weighted by Gasteiger charge is -2.27. The fourth-order valence-corrected chi connectivity index (χ4v) is 4.69. The van der Waals surface area contributed by atoms with E-state index in [4.69, 9.17) is 14.6 Å². The van der Waals surface area contributed by atoms with Gasteiger partial charge in [-0.25, -0.2) is 4.89 Å². The van der Waals surface area contributed by atoms with Gasteiger partial charge in [0.1, 0.15) is 0 Å². The molecule has 2 rings (SSSR count). The normalized spacial score (nSPS) is 31.1. The monoisotopic (exact) mass is 246 g/mol. The fourth-order valence-electron chi connectivity index (χ4n) is 2.53. The maximum absolute atomic E-state index is 5.46. The second kappa shape index (κ2) is 7.60. The van der Waals surface area contributed by atoms with E-state index >= 15 is 0 Å². The van der Waals surface area contributed by atoms with E-state index in [-0.39, 0.29) is 0 Å². The van der Waals surface area contributed by atoms with Crippen LogP contribution in [0.25, 0.3) is 0 Å². The fraction of sp³-hybridized carbons (Fsp3) is 1.00. The maximum atomic E-state index is 5.46. The number of rotatable bonds is 1. The van der Waals surface area contributed by atoms with Gasteiger partial charge in [0.05, 0.1) is 14.8 Å². The first-order valence-electron chi connectivity index (χ1n) is 6.70. The summed E-state index contributed by atoms with van der Waals surface area (Å²) in [6, 6.07) is 0. The van der Waals surface area contributed by atoms with E-state index in [9.17, 15) is 0 Å². The molecule has 0 spiro atoms. The van der Waals surface area contributed by atoms with Gasteiger partial charge < -0.3 is 0 Å². The van der Waals surface area contributed by atoms with Crippen molar-refractivity contribution in [1.82, 2.24) is 0 Å². The molecule has 0 aromatic carbocycles. The third kappa shape index (κ3) is 4.29. The minimum atomic E-state index is -0.410. The topological polar surface area (TPSA) is 27.7 Å². The van der Waals surface area contributed by atoms with Crippen molar-refractivity contribution in [2.75, 3.05) is 12.8 Å². The molecule has 1 saturated heterocycles. The van der Waals surface area contributed by atoms with E-state index < -0.39 is 8.15 Å². The summed E-state index contributed by atoms with van der Waals surface area (Å²) in [6.45, 7) is 0.674. The van der Waals surface area contributed by atoms with Crippen molar-refractivity contribution >= 4 is 8.15 Å². The van der Waals surface area contributed by atoms with Crippen molar-refractivity contribution in [3.63, 3.8) is 0 Å². The standard InChI is InChI=1S/C12H23O3P/c1-2-4-8-12(9-5-3-1)16-11-7-6-10-13-14-15-16/h12H,1-11H2. The first kappa shape index (κ1) is 12.8. The lowest BCUT2D eigenvalue weighted by molar-refractivity contribution is -0.466. The quantitative estimate of drug-likeness (QED) is 0.513. The second-order valence-electron chi connectivity index (χ2n) is 4.81. The van der Waals surface area contributed by atoms with Gasteiger partial charge in [-0.2, -0.15) is 4.67 Å². The van der Waals surface area contributed by atoms with Crippen molar-refractivity contribution in [2.24, 2.45) is 0 Å². The molecule has 1 aliphatic carbocycles. The Morgan fingerprint density at radius 1 is 0.812 bits per heavy atom. The van der Waals surface area contributed by atoms with Gasteiger partial charge in [0.2, 0.25) is 0 Å². The van der Waals surface area contributed by atoms with Crippen LogP contribution in [0.2, 0.25) is 0 Å². The van der Waals surface area contributed by atoms with Crippen LogP contribution < -0.4 is 0 Å². The molecule has 1 unspecified atom stereocenters. The Kier molecular flexibility index (Phi) is 6.06. The van der Waals surface area contributed by atoms with Gasteiger partial charge in [-0.05, 0) is 31.8 Å². The van der Waals surface area contributed by atoms with Crippen molar-refractivity contribution < 1.29 is 14.6 Å². The molecule has 94 valence electrons. The molecule has 0 N–H and O–H groups in total. The molecule has 0 bridgehead atoms. The molecule has 2 fully saturated rings. The van der Waals surface area contributed by atoms with E-state index in [1.54, 1.807) is 0 Å². The van der Waals surface area contributed by atoms with Gasteiger partial charge in [0, 0.05) is 5.66 Å². The Labute approximate surface area is 99.5 Å². The summed E-state index contributed by atoms with van der Waals surface area (Å²) in [5.74, 6) is 0. The smallest absolute Gasteiger partial charge is 0.0854 e. The predicted octanol–water partition coefficient (Wildman–Crippen LogP) is 4.17. The lowest BCUT2D eigenvalue weighted by atomic mass is 10.0. The molecule has 4 heteroatoms. The first-order valence-corrected chi connectivity index (χ1v) is 8.21. The molecular formula is C12H23O3P. The zero-order valence-electron chi connectivity index (χ0n) is 10.0. The van der Waals surface area contributed by atoms with E-state index in [0.717, 1.165) is 12.1 Å². The highest BCUT2D eigenvalue weighted by molar-refractivity contribution is 7.53. The van der Waals surface area contributed by atoms with Crippen molar-refractivity contribution in [3.8, 4) is 0 Å². The zero-order valence-corrected chi connectivity index (χ0v) is 10.9. The summed E-state index contributed by atoms with van der Waals surface area (Å²) >= 11 is 0. The van der Waals surface area contributed by atoms with E-state index in [1.165, 1.54) is 57.5 Å². The van der Waals surface area contributed by atoms with Crippen LogP contribution in [0.3, 0.4) is 0 Å². The molecule has 1 aliphatic heterocycles. The molecule has 0 aromatic rings. The summed E-state index contributed by atoms with van der Waals surface area (Å²) in [7, 11) is -0.410. The average molecular weight is 246 g/mol. The number of hydrogen-bond donors (Lipinski definition) is 0. The third-order valence-electron chi connectivity index (χ3n) is 3.51. The van der Waals surface area contributed by atoms with Gasteiger partial charge in [0.25, 0.3) is 0 Å². The van der Waals surface area contributed by atoms with E-state index in [0.29, 0.717) is 6.61 Å². The average Bonchev–Trinajstić information content (AvgIpc) is 2.18. The van der Waals surface area contributed by atoms with Gasteiger partial charge in [-0.15, -0.1) is 0 Å². The summed E-state index contributed by atoms with van der Waals surface area (Å²) < 4.78 is 5.46. The molecule has 1 saturated carbocycles. The molecule has 16 heavy (non-hydrogen) atoms. The summed E-state index contributed by atoms with van der Waals surface area (Å²) in [5.41, 5.74) is 0.747. The van der Waals surface area contributed by atoms with Gasteiger partial charge in [-0.1, -0.05) is 37.1 Å². The maximum Gasteiger partial charge on any atom is 0.0854 e. The lowest BCUT2D eigenvalue weighted by Crippen LogP contribution is -2.14. The molecular weight excluding hydrogens is 223 g/mol. The molecule has 1 heterocycles. The highest BCUT2D eigenvalue weighted by atomic mass is 31.1. The Balaban J connectivity index is 1.81. The van der Waals surface area contributed by atoms with Crippen LogP contribution in [0, 0.1) is 0 Å². The van der Waals surface area contributed by atoms with Gasteiger partial charge in [0.15, 0.2) is 0 Å². The van der Waals surface area contributed by atoms with Crippen LogP contribution in [0.4, 0.5) is 0 Å². The van der Waals surface area contributed by atoms with Crippen LogP contribution in [0.15, 0.2) is 0 Å². The van der Waals surface area contributed by atoms with Crippen molar-refractivity contribution in [1.29, 1.82) is 0 Å². The molecule has 3 nitrogen and oxygen atoms in total. The molecule has 0 radical (unpaired) electrons. The predicted molar refractivity (Wildman–Crippen MR) is 65.3 cm³/mol. The van der Waals surface area contributed by atoms with Crippen molar-refractivity contribution in [2.45, 2.75) is 63.4 Å². The highest BCUT2D eigenvalue weighted by Gasteiger charge is 2.25. The second-order valence-corrected chi connectivity index (χ2v) is 6.97. The minimum absolute atomic E-state index is 0.410. The van der Waals surface area contributed by atoms with E-state index in [2.05, 4.69) is 0 Å². The Hall–Kier alpha value is 0.310. The summed E-state index contributed by atoms with van der Waals surface area (Å²) in [6.07, 6.45) is 13.1. The molecule has 0 amide bonds.